The molecule has 0 atom stereocenters. The fourth-order valence-electron chi connectivity index (χ4n) is 1.69. The first-order chi connectivity index (χ1) is 5.81. The molecule has 0 aromatic carbocycles. The second kappa shape index (κ2) is 2.90. The highest BCUT2D eigenvalue weighted by Gasteiger charge is 2.23. The van der Waals surface area contributed by atoms with E-state index < -0.39 is 0 Å². The van der Waals surface area contributed by atoms with Gasteiger partial charge in [-0.1, -0.05) is 6.42 Å². The summed E-state index contributed by atoms with van der Waals surface area (Å²) in [7, 11) is 2.06. The van der Waals surface area contributed by atoms with E-state index in [-0.39, 0.29) is 0 Å². The zero-order valence-electron chi connectivity index (χ0n) is 7.45. The molecule has 0 radical (unpaired) electrons. The highest BCUT2D eigenvalue weighted by Crippen LogP contribution is 2.35. The summed E-state index contributed by atoms with van der Waals surface area (Å²) in [6, 6.07) is 0. The lowest BCUT2D eigenvalue weighted by atomic mass is 9.85. The van der Waals surface area contributed by atoms with Gasteiger partial charge in [0.25, 0.3) is 0 Å². The highest BCUT2D eigenvalue weighted by molar-refractivity contribution is 5.09. The monoisotopic (exact) mass is 165 g/mol. The Morgan fingerprint density at radius 1 is 1.67 bits per heavy atom. The van der Waals surface area contributed by atoms with E-state index in [1.807, 2.05) is 6.20 Å². The highest BCUT2D eigenvalue weighted by atomic mass is 15.1. The van der Waals surface area contributed by atoms with Crippen LogP contribution < -0.4 is 5.73 Å². The average Bonchev–Trinajstić information content (AvgIpc) is 2.29. The van der Waals surface area contributed by atoms with Crippen molar-refractivity contribution in [2.24, 2.45) is 12.8 Å². The van der Waals surface area contributed by atoms with Gasteiger partial charge in [-0.25, -0.2) is 4.98 Å². The smallest absolute Gasteiger partial charge is 0.111 e. The van der Waals surface area contributed by atoms with Crippen molar-refractivity contribution < 1.29 is 0 Å². The van der Waals surface area contributed by atoms with Gasteiger partial charge in [0.1, 0.15) is 5.82 Å². The lowest BCUT2D eigenvalue weighted by Crippen LogP contribution is -2.13. The molecule has 1 fully saturated rings. The van der Waals surface area contributed by atoms with Crippen molar-refractivity contribution in [1.29, 1.82) is 0 Å². The van der Waals surface area contributed by atoms with Crippen LogP contribution in [0, 0.1) is 0 Å². The van der Waals surface area contributed by atoms with Gasteiger partial charge in [-0.05, 0) is 12.8 Å². The van der Waals surface area contributed by atoms with E-state index in [0.29, 0.717) is 12.5 Å². The number of nitrogens with zero attached hydrogens (tertiary/aromatic N) is 2. The number of hydrogen-bond acceptors (Lipinski definition) is 2. The van der Waals surface area contributed by atoms with E-state index >= 15 is 0 Å². The van der Waals surface area contributed by atoms with Gasteiger partial charge in [0.2, 0.25) is 0 Å². The molecule has 1 aromatic rings. The number of hydrogen-bond donors (Lipinski definition) is 1. The Morgan fingerprint density at radius 3 is 2.83 bits per heavy atom. The molecule has 2 rings (SSSR count). The molecule has 1 saturated carbocycles. The van der Waals surface area contributed by atoms with Crippen LogP contribution in [0.5, 0.6) is 0 Å². The summed E-state index contributed by atoms with van der Waals surface area (Å²) >= 11 is 0. The summed E-state index contributed by atoms with van der Waals surface area (Å²) in [6.45, 7) is 0.556. The van der Waals surface area contributed by atoms with Crippen LogP contribution in [0.4, 0.5) is 0 Å². The molecule has 1 aliphatic carbocycles. The van der Waals surface area contributed by atoms with Gasteiger partial charge in [-0.2, -0.15) is 0 Å². The number of rotatable bonds is 2. The van der Waals surface area contributed by atoms with E-state index in [9.17, 15) is 0 Å². The zero-order chi connectivity index (χ0) is 8.55. The van der Waals surface area contributed by atoms with E-state index in [1.54, 1.807) is 0 Å². The maximum Gasteiger partial charge on any atom is 0.111 e. The molecule has 1 aliphatic rings. The Labute approximate surface area is 72.6 Å². The molecule has 3 heteroatoms. The van der Waals surface area contributed by atoms with Crippen LogP contribution >= 0.6 is 0 Å². The summed E-state index contributed by atoms with van der Waals surface area (Å²) < 4.78 is 2.12. The Hall–Kier alpha value is -0.830. The molecule has 0 amide bonds. The second-order valence-corrected chi connectivity index (χ2v) is 3.53. The molecule has 3 nitrogen and oxygen atoms in total. The van der Waals surface area contributed by atoms with Crippen LogP contribution in [0.25, 0.3) is 0 Å². The molecule has 0 spiro atoms. The SMILES string of the molecule is Cn1cc(CN)nc1C1CCC1. The molecule has 0 unspecified atom stereocenters. The minimum Gasteiger partial charge on any atom is -0.337 e. The predicted octanol–water partition coefficient (Wildman–Crippen LogP) is 1.15. The van der Waals surface area contributed by atoms with Gasteiger partial charge in [0.05, 0.1) is 5.69 Å². The number of nitrogens with two attached hydrogens (primary N) is 1. The van der Waals surface area contributed by atoms with Crippen molar-refractivity contribution in [3.05, 3.63) is 17.7 Å². The minimum absolute atomic E-state index is 0.556. The van der Waals surface area contributed by atoms with Crippen molar-refractivity contribution in [3.8, 4) is 0 Å². The summed E-state index contributed by atoms with van der Waals surface area (Å²) in [5.74, 6) is 1.93. The predicted molar refractivity (Wildman–Crippen MR) is 47.7 cm³/mol. The molecule has 1 aromatic heterocycles. The van der Waals surface area contributed by atoms with Crippen LogP contribution in [0.1, 0.15) is 36.7 Å². The zero-order valence-corrected chi connectivity index (χ0v) is 7.45. The third-order valence-corrected chi connectivity index (χ3v) is 2.64. The second-order valence-electron chi connectivity index (χ2n) is 3.53. The van der Waals surface area contributed by atoms with Gasteiger partial charge >= 0.3 is 0 Å². The Bertz CT molecular complexity index is 273. The van der Waals surface area contributed by atoms with Gasteiger partial charge in [-0.15, -0.1) is 0 Å². The fourth-order valence-corrected chi connectivity index (χ4v) is 1.69. The molecule has 66 valence electrons. The van der Waals surface area contributed by atoms with Crippen LogP contribution in [0.15, 0.2) is 6.20 Å². The first-order valence-electron chi connectivity index (χ1n) is 4.53. The van der Waals surface area contributed by atoms with Crippen molar-refractivity contribution in [2.75, 3.05) is 0 Å². The molecule has 12 heavy (non-hydrogen) atoms. The summed E-state index contributed by atoms with van der Waals surface area (Å²) in [5.41, 5.74) is 6.53. The van der Waals surface area contributed by atoms with Crippen molar-refractivity contribution >= 4 is 0 Å². The van der Waals surface area contributed by atoms with Crippen LogP contribution in [0.3, 0.4) is 0 Å². The molecule has 0 bridgehead atoms. The van der Waals surface area contributed by atoms with Gasteiger partial charge in [0.15, 0.2) is 0 Å². The molecule has 0 aliphatic heterocycles. The Balaban J connectivity index is 2.23. The van der Waals surface area contributed by atoms with Crippen LogP contribution in [-0.2, 0) is 13.6 Å². The first-order valence-corrected chi connectivity index (χ1v) is 4.53. The molecular weight excluding hydrogens is 150 g/mol. The number of aromatic nitrogens is 2. The van der Waals surface area contributed by atoms with Gasteiger partial charge in [-0.3, -0.25) is 0 Å². The van der Waals surface area contributed by atoms with E-state index in [1.165, 1.54) is 25.1 Å². The molecule has 2 N–H and O–H groups in total. The van der Waals surface area contributed by atoms with E-state index in [2.05, 4.69) is 16.6 Å². The maximum atomic E-state index is 5.52. The van der Waals surface area contributed by atoms with Gasteiger partial charge < -0.3 is 10.3 Å². The lowest BCUT2D eigenvalue weighted by Gasteiger charge is -2.24. The normalized spacial score (nSPS) is 17.8. The fraction of sp³-hybridized carbons (Fsp3) is 0.667. The quantitative estimate of drug-likeness (QED) is 0.714. The Morgan fingerprint density at radius 2 is 2.42 bits per heavy atom. The molecular formula is C9H15N3. The largest absolute Gasteiger partial charge is 0.337 e. The number of imidazole rings is 1. The average molecular weight is 165 g/mol. The van der Waals surface area contributed by atoms with Crippen molar-refractivity contribution in [3.63, 3.8) is 0 Å². The summed E-state index contributed by atoms with van der Waals surface area (Å²) in [5, 5.41) is 0. The van der Waals surface area contributed by atoms with E-state index in [4.69, 9.17) is 5.73 Å². The van der Waals surface area contributed by atoms with Crippen LogP contribution in [0.2, 0.25) is 0 Å². The van der Waals surface area contributed by atoms with Crippen molar-refractivity contribution in [2.45, 2.75) is 31.7 Å². The Kier molecular flexibility index (Phi) is 1.89. The van der Waals surface area contributed by atoms with Gasteiger partial charge in [0, 0.05) is 25.7 Å². The summed E-state index contributed by atoms with van der Waals surface area (Å²) in [4.78, 5) is 4.49. The first kappa shape index (κ1) is 7.80. The molecule has 1 heterocycles. The maximum absolute atomic E-state index is 5.52. The number of aryl methyl sites for hydroxylation is 1. The minimum atomic E-state index is 0.556. The summed E-state index contributed by atoms with van der Waals surface area (Å²) in [6.07, 6.45) is 5.99. The third kappa shape index (κ3) is 1.14. The standard InChI is InChI=1S/C9H15N3/c1-12-6-8(5-10)11-9(12)7-3-2-4-7/h6-7H,2-5,10H2,1H3. The van der Waals surface area contributed by atoms with Crippen LogP contribution in [-0.4, -0.2) is 9.55 Å². The topological polar surface area (TPSA) is 43.8 Å². The van der Waals surface area contributed by atoms with Crippen molar-refractivity contribution in [1.82, 2.24) is 9.55 Å². The van der Waals surface area contributed by atoms with E-state index in [0.717, 1.165) is 5.69 Å². The third-order valence-electron chi connectivity index (χ3n) is 2.64. The lowest BCUT2D eigenvalue weighted by molar-refractivity contribution is 0.393. The molecule has 0 saturated heterocycles.